The van der Waals surface area contributed by atoms with E-state index < -0.39 is 23.5 Å². The molecule has 2 aliphatic rings. The first kappa shape index (κ1) is 23.9. The lowest BCUT2D eigenvalue weighted by molar-refractivity contribution is -0.140. The molecule has 2 aromatic carbocycles. The number of rotatable bonds is 7. The average molecular weight is 469 g/mol. The van der Waals surface area contributed by atoms with Crippen LogP contribution in [-0.2, 0) is 14.3 Å². The third-order valence-corrected chi connectivity index (χ3v) is 5.99. The van der Waals surface area contributed by atoms with E-state index in [0.717, 1.165) is 13.1 Å². The van der Waals surface area contributed by atoms with Gasteiger partial charge in [0.2, 0.25) is 0 Å². The lowest BCUT2D eigenvalue weighted by Crippen LogP contribution is -2.42. The molecule has 1 N–H and O–H groups in total. The SMILES string of the molecule is CC(C)Oc1ccc(C(O)=C2C(=O)C(=O)N(CCN3CCOCC3)[C@@H]2c2ccc(F)cc2)cc1. The monoisotopic (exact) mass is 468 g/mol. The number of ether oxygens (including phenoxy) is 2. The van der Waals surface area contributed by atoms with E-state index in [1.54, 1.807) is 36.4 Å². The molecule has 1 amide bonds. The maximum Gasteiger partial charge on any atom is 0.295 e. The van der Waals surface area contributed by atoms with Crippen LogP contribution in [0.2, 0.25) is 0 Å². The third kappa shape index (κ3) is 5.13. The molecule has 0 unspecified atom stereocenters. The van der Waals surface area contributed by atoms with E-state index >= 15 is 0 Å². The van der Waals surface area contributed by atoms with E-state index in [1.165, 1.54) is 17.0 Å². The number of ketones is 1. The van der Waals surface area contributed by atoms with Crippen molar-refractivity contribution in [2.45, 2.75) is 26.0 Å². The Balaban J connectivity index is 1.69. The topological polar surface area (TPSA) is 79.3 Å². The molecule has 2 aromatic rings. The minimum Gasteiger partial charge on any atom is -0.507 e. The zero-order valence-electron chi connectivity index (χ0n) is 19.4. The Morgan fingerprint density at radius 1 is 1.06 bits per heavy atom. The summed E-state index contributed by atoms with van der Waals surface area (Å²) in [7, 11) is 0. The van der Waals surface area contributed by atoms with Crippen LogP contribution >= 0.6 is 0 Å². The van der Waals surface area contributed by atoms with Crippen LogP contribution in [0.4, 0.5) is 4.39 Å². The maximum atomic E-state index is 13.6. The maximum absolute atomic E-state index is 13.6. The minimum atomic E-state index is -0.812. The number of Topliss-reactive ketones (excluding diaryl/α,β-unsaturated/α-hetero) is 1. The van der Waals surface area contributed by atoms with Gasteiger partial charge in [-0.25, -0.2) is 4.39 Å². The number of carbonyl (C=O) groups is 2. The van der Waals surface area contributed by atoms with E-state index in [1.807, 2.05) is 13.8 Å². The summed E-state index contributed by atoms with van der Waals surface area (Å²) in [4.78, 5) is 29.8. The van der Waals surface area contributed by atoms with Gasteiger partial charge in [0.15, 0.2) is 0 Å². The van der Waals surface area contributed by atoms with Gasteiger partial charge in [-0.1, -0.05) is 12.1 Å². The predicted octanol–water partition coefficient (Wildman–Crippen LogP) is 3.37. The second-order valence-corrected chi connectivity index (χ2v) is 8.69. The van der Waals surface area contributed by atoms with E-state index in [0.29, 0.717) is 43.2 Å². The van der Waals surface area contributed by atoms with Gasteiger partial charge in [-0.15, -0.1) is 0 Å². The zero-order valence-corrected chi connectivity index (χ0v) is 19.4. The highest BCUT2D eigenvalue weighted by atomic mass is 19.1. The van der Waals surface area contributed by atoms with Gasteiger partial charge in [-0.05, 0) is 55.8 Å². The number of amides is 1. The van der Waals surface area contributed by atoms with Gasteiger partial charge in [0.1, 0.15) is 17.3 Å². The average Bonchev–Trinajstić information content (AvgIpc) is 3.08. The van der Waals surface area contributed by atoms with Crippen molar-refractivity contribution in [3.05, 3.63) is 71.0 Å². The predicted molar refractivity (Wildman–Crippen MR) is 125 cm³/mol. The molecule has 8 heteroatoms. The molecule has 0 aromatic heterocycles. The highest BCUT2D eigenvalue weighted by Gasteiger charge is 2.46. The lowest BCUT2D eigenvalue weighted by Gasteiger charge is -2.31. The van der Waals surface area contributed by atoms with E-state index in [2.05, 4.69) is 4.90 Å². The fourth-order valence-electron chi connectivity index (χ4n) is 4.30. The first-order valence-corrected chi connectivity index (χ1v) is 11.5. The molecule has 2 heterocycles. The fourth-order valence-corrected chi connectivity index (χ4v) is 4.30. The van der Waals surface area contributed by atoms with Gasteiger partial charge in [-0.3, -0.25) is 14.5 Å². The molecule has 0 radical (unpaired) electrons. The fraction of sp³-hybridized carbons (Fsp3) is 0.385. The number of carbonyl (C=O) groups excluding carboxylic acids is 2. The molecule has 180 valence electrons. The van der Waals surface area contributed by atoms with Crippen molar-refractivity contribution in [3.63, 3.8) is 0 Å². The number of morpholine rings is 1. The Kier molecular flexibility index (Phi) is 7.29. The summed E-state index contributed by atoms with van der Waals surface area (Å²) >= 11 is 0. The highest BCUT2D eigenvalue weighted by Crippen LogP contribution is 2.39. The first-order chi connectivity index (χ1) is 16.3. The quantitative estimate of drug-likeness (QED) is 0.381. The molecule has 2 aliphatic heterocycles. The summed E-state index contributed by atoms with van der Waals surface area (Å²) in [6.07, 6.45) is -0.00489. The molecule has 0 bridgehead atoms. The van der Waals surface area contributed by atoms with Crippen molar-refractivity contribution in [1.82, 2.24) is 9.80 Å². The number of nitrogens with zero attached hydrogens (tertiary/aromatic N) is 2. The standard InChI is InChI=1S/C26H29FN2O5/c1-17(2)34-21-9-5-19(6-10-21)24(30)22-23(18-3-7-20(27)8-4-18)29(26(32)25(22)31)12-11-28-13-15-33-16-14-28/h3-10,17,23,30H,11-16H2,1-2H3/t23-/m1/s1. The molecule has 2 fully saturated rings. The Morgan fingerprint density at radius 3 is 2.32 bits per heavy atom. The van der Waals surface area contributed by atoms with Gasteiger partial charge in [-0.2, -0.15) is 0 Å². The lowest BCUT2D eigenvalue weighted by atomic mass is 9.95. The van der Waals surface area contributed by atoms with Crippen LogP contribution in [0.3, 0.4) is 0 Å². The summed E-state index contributed by atoms with van der Waals surface area (Å²) in [5, 5.41) is 11.1. The number of benzene rings is 2. The molecular weight excluding hydrogens is 439 g/mol. The van der Waals surface area contributed by atoms with Crippen molar-refractivity contribution < 1.29 is 28.6 Å². The molecule has 0 saturated carbocycles. The largest absolute Gasteiger partial charge is 0.507 e. The molecule has 1 atom stereocenters. The van der Waals surface area contributed by atoms with E-state index in [9.17, 15) is 19.1 Å². The van der Waals surface area contributed by atoms with Crippen molar-refractivity contribution in [3.8, 4) is 5.75 Å². The Hall–Kier alpha value is -3.23. The van der Waals surface area contributed by atoms with Crippen molar-refractivity contribution >= 4 is 17.4 Å². The summed E-state index contributed by atoms with van der Waals surface area (Å²) in [5.74, 6) is -1.49. The molecule has 4 rings (SSSR count). The summed E-state index contributed by atoms with van der Waals surface area (Å²) in [6, 6.07) is 11.6. The van der Waals surface area contributed by atoms with Crippen molar-refractivity contribution in [2.75, 3.05) is 39.4 Å². The van der Waals surface area contributed by atoms with Crippen LogP contribution in [-0.4, -0.2) is 72.1 Å². The third-order valence-electron chi connectivity index (χ3n) is 5.99. The highest BCUT2D eigenvalue weighted by molar-refractivity contribution is 6.46. The summed E-state index contributed by atoms with van der Waals surface area (Å²) < 4.78 is 24.6. The number of likely N-dealkylation sites (tertiary alicyclic amines) is 1. The van der Waals surface area contributed by atoms with Gasteiger partial charge in [0.25, 0.3) is 11.7 Å². The van der Waals surface area contributed by atoms with Crippen molar-refractivity contribution in [1.29, 1.82) is 0 Å². The Labute approximate surface area is 198 Å². The van der Waals surface area contributed by atoms with Gasteiger partial charge >= 0.3 is 0 Å². The molecule has 7 nitrogen and oxygen atoms in total. The number of aliphatic hydroxyl groups is 1. The van der Waals surface area contributed by atoms with Crippen LogP contribution < -0.4 is 4.74 Å². The molecule has 34 heavy (non-hydrogen) atoms. The van der Waals surface area contributed by atoms with Crippen LogP contribution in [0, 0.1) is 5.82 Å². The van der Waals surface area contributed by atoms with E-state index in [4.69, 9.17) is 9.47 Å². The van der Waals surface area contributed by atoms with Gasteiger partial charge < -0.3 is 19.5 Å². The summed E-state index contributed by atoms with van der Waals surface area (Å²) in [5.41, 5.74) is 0.953. The first-order valence-electron chi connectivity index (χ1n) is 11.5. The molecular formula is C26H29FN2O5. The molecule has 0 aliphatic carbocycles. The zero-order chi connectivity index (χ0) is 24.2. The van der Waals surface area contributed by atoms with Crippen LogP contribution in [0.1, 0.15) is 31.0 Å². The van der Waals surface area contributed by atoms with E-state index in [-0.39, 0.29) is 17.4 Å². The summed E-state index contributed by atoms with van der Waals surface area (Å²) in [6.45, 7) is 7.42. The normalized spacial score (nSPS) is 20.8. The smallest absolute Gasteiger partial charge is 0.295 e. The number of aliphatic hydroxyl groups excluding tert-OH is 1. The van der Waals surface area contributed by atoms with Crippen molar-refractivity contribution in [2.24, 2.45) is 0 Å². The molecule has 2 saturated heterocycles. The number of hydrogen-bond donors (Lipinski definition) is 1. The Morgan fingerprint density at radius 2 is 1.71 bits per heavy atom. The van der Waals surface area contributed by atoms with Crippen LogP contribution in [0.25, 0.3) is 5.76 Å². The van der Waals surface area contributed by atoms with Crippen LogP contribution in [0.5, 0.6) is 5.75 Å². The second kappa shape index (κ2) is 10.4. The minimum absolute atomic E-state index is 0.00360. The molecule has 0 spiro atoms. The Bertz CT molecular complexity index is 1060. The van der Waals surface area contributed by atoms with Gasteiger partial charge in [0.05, 0.1) is 30.9 Å². The number of hydrogen-bond acceptors (Lipinski definition) is 6. The van der Waals surface area contributed by atoms with Gasteiger partial charge in [0, 0.05) is 31.7 Å². The number of halogens is 1. The van der Waals surface area contributed by atoms with Crippen LogP contribution in [0.15, 0.2) is 54.1 Å². The second-order valence-electron chi connectivity index (χ2n) is 8.69.